The summed E-state index contributed by atoms with van der Waals surface area (Å²) in [7, 11) is 1.78. The Balaban J connectivity index is 1.73. The predicted octanol–water partition coefficient (Wildman–Crippen LogP) is 1.20. The highest BCUT2D eigenvalue weighted by molar-refractivity contribution is 7.98. The second kappa shape index (κ2) is 7.53. The summed E-state index contributed by atoms with van der Waals surface area (Å²) in [6.45, 7) is 1.41. The summed E-state index contributed by atoms with van der Waals surface area (Å²) < 4.78 is 1.60. The Morgan fingerprint density at radius 3 is 3.04 bits per heavy atom. The average molecular weight is 357 g/mol. The third-order valence-electron chi connectivity index (χ3n) is 4.05. The van der Waals surface area contributed by atoms with E-state index in [1.807, 2.05) is 11.2 Å². The number of rotatable bonds is 4. The molecule has 0 saturated carbocycles. The molecule has 3 heterocycles. The van der Waals surface area contributed by atoms with E-state index in [1.165, 1.54) is 11.8 Å². The molecule has 1 N–H and O–H groups in total. The van der Waals surface area contributed by atoms with Crippen molar-refractivity contribution in [1.29, 1.82) is 5.26 Å². The van der Waals surface area contributed by atoms with Gasteiger partial charge >= 0.3 is 0 Å². The number of hydrogen-bond donors (Lipinski definition) is 1. The molecular weight excluding hydrogens is 338 g/mol. The number of nitriles is 1. The van der Waals surface area contributed by atoms with Gasteiger partial charge in [0.25, 0.3) is 5.91 Å². The quantitative estimate of drug-likeness (QED) is 0.648. The SMILES string of the molecule is CSc1ncc(C#N)c(N2CCCC(NC(=O)c3ccn(C)n3)C2)n1. The Morgan fingerprint density at radius 1 is 1.52 bits per heavy atom. The van der Waals surface area contributed by atoms with Crippen LogP contribution in [0.4, 0.5) is 5.82 Å². The first kappa shape index (κ1) is 17.2. The third kappa shape index (κ3) is 3.91. The number of carbonyl (C=O) groups excluding carboxylic acids is 1. The normalized spacial score (nSPS) is 17.2. The molecule has 1 amide bonds. The van der Waals surface area contributed by atoms with Gasteiger partial charge in [-0.05, 0) is 25.2 Å². The number of aryl methyl sites for hydroxylation is 1. The van der Waals surface area contributed by atoms with Gasteiger partial charge in [0, 0.05) is 32.4 Å². The van der Waals surface area contributed by atoms with Crippen LogP contribution in [0.3, 0.4) is 0 Å². The second-order valence-electron chi connectivity index (χ2n) is 5.84. The lowest BCUT2D eigenvalue weighted by molar-refractivity contribution is 0.0927. The average Bonchev–Trinajstić information content (AvgIpc) is 3.08. The molecule has 3 rings (SSSR count). The highest BCUT2D eigenvalue weighted by Crippen LogP contribution is 2.23. The topological polar surface area (TPSA) is 99.7 Å². The molecule has 25 heavy (non-hydrogen) atoms. The summed E-state index contributed by atoms with van der Waals surface area (Å²) in [5, 5.41) is 17.1. The number of aromatic nitrogens is 4. The van der Waals surface area contributed by atoms with Crippen molar-refractivity contribution in [3.8, 4) is 6.07 Å². The molecule has 0 radical (unpaired) electrons. The van der Waals surface area contributed by atoms with Crippen molar-refractivity contribution in [2.45, 2.75) is 24.0 Å². The van der Waals surface area contributed by atoms with Gasteiger partial charge in [-0.15, -0.1) is 0 Å². The fourth-order valence-corrected chi connectivity index (χ4v) is 3.19. The van der Waals surface area contributed by atoms with E-state index in [-0.39, 0.29) is 11.9 Å². The number of nitrogens with zero attached hydrogens (tertiary/aromatic N) is 6. The van der Waals surface area contributed by atoms with E-state index in [0.717, 1.165) is 19.4 Å². The molecule has 1 fully saturated rings. The van der Waals surface area contributed by atoms with Crippen molar-refractivity contribution in [2.24, 2.45) is 7.05 Å². The summed E-state index contributed by atoms with van der Waals surface area (Å²) in [6.07, 6.45) is 7.00. The Labute approximate surface area is 150 Å². The first-order valence-electron chi connectivity index (χ1n) is 7.97. The maximum Gasteiger partial charge on any atom is 0.272 e. The maximum atomic E-state index is 12.3. The van der Waals surface area contributed by atoms with Crippen LogP contribution in [0.2, 0.25) is 0 Å². The molecule has 1 saturated heterocycles. The van der Waals surface area contributed by atoms with Crippen molar-refractivity contribution in [2.75, 3.05) is 24.2 Å². The Hall–Kier alpha value is -2.60. The lowest BCUT2D eigenvalue weighted by Gasteiger charge is -2.34. The second-order valence-corrected chi connectivity index (χ2v) is 6.61. The summed E-state index contributed by atoms with van der Waals surface area (Å²) >= 11 is 1.44. The zero-order valence-corrected chi connectivity index (χ0v) is 15.0. The zero-order chi connectivity index (χ0) is 17.8. The van der Waals surface area contributed by atoms with Crippen LogP contribution in [0.1, 0.15) is 28.9 Å². The number of amides is 1. The fraction of sp³-hybridized carbons (Fsp3) is 0.438. The van der Waals surface area contributed by atoms with Gasteiger partial charge in [-0.3, -0.25) is 9.48 Å². The number of thioether (sulfide) groups is 1. The van der Waals surface area contributed by atoms with Crippen molar-refractivity contribution in [3.63, 3.8) is 0 Å². The number of anilines is 1. The van der Waals surface area contributed by atoms with Crippen LogP contribution in [0, 0.1) is 11.3 Å². The molecule has 0 aromatic carbocycles. The standard InChI is InChI=1S/C16H19N7OS/c1-22-7-5-13(21-22)15(24)19-12-4-3-6-23(10-12)14-11(8-17)9-18-16(20-14)25-2/h5,7,9,12H,3-4,6,10H2,1-2H3,(H,19,24). The first-order valence-corrected chi connectivity index (χ1v) is 9.19. The van der Waals surface area contributed by atoms with E-state index in [2.05, 4.69) is 26.5 Å². The number of nitrogens with one attached hydrogen (secondary N) is 1. The van der Waals surface area contributed by atoms with Crippen molar-refractivity contribution in [3.05, 3.63) is 29.7 Å². The molecule has 1 atom stereocenters. The molecular formula is C16H19N7OS. The van der Waals surface area contributed by atoms with Crippen LogP contribution < -0.4 is 10.2 Å². The largest absolute Gasteiger partial charge is 0.353 e. The zero-order valence-electron chi connectivity index (χ0n) is 14.1. The first-order chi connectivity index (χ1) is 12.1. The number of carbonyl (C=O) groups is 1. The van der Waals surface area contributed by atoms with Crippen LogP contribution in [0.15, 0.2) is 23.6 Å². The van der Waals surface area contributed by atoms with Crippen molar-refractivity contribution in [1.82, 2.24) is 25.1 Å². The lowest BCUT2D eigenvalue weighted by atomic mass is 10.0. The number of hydrogen-bond acceptors (Lipinski definition) is 7. The Kier molecular flexibility index (Phi) is 5.19. The summed E-state index contributed by atoms with van der Waals surface area (Å²) in [4.78, 5) is 23.0. The van der Waals surface area contributed by atoms with E-state index in [9.17, 15) is 10.1 Å². The minimum Gasteiger partial charge on any atom is -0.353 e. The van der Waals surface area contributed by atoms with E-state index < -0.39 is 0 Å². The van der Waals surface area contributed by atoms with Crippen molar-refractivity contribution < 1.29 is 4.79 Å². The summed E-state index contributed by atoms with van der Waals surface area (Å²) in [5.41, 5.74) is 0.860. The van der Waals surface area contributed by atoms with Crippen LogP contribution >= 0.6 is 11.8 Å². The smallest absolute Gasteiger partial charge is 0.272 e. The molecule has 8 nitrogen and oxygen atoms in total. The molecule has 1 aliphatic heterocycles. The highest BCUT2D eigenvalue weighted by atomic mass is 32.2. The maximum absolute atomic E-state index is 12.3. The summed E-state index contributed by atoms with van der Waals surface area (Å²) in [6, 6.07) is 3.83. The van der Waals surface area contributed by atoms with Crippen molar-refractivity contribution >= 4 is 23.5 Å². The Morgan fingerprint density at radius 2 is 2.36 bits per heavy atom. The van der Waals surface area contributed by atoms with Gasteiger partial charge in [0.2, 0.25) is 0 Å². The minimum absolute atomic E-state index is 0.0116. The van der Waals surface area contributed by atoms with Crippen LogP contribution in [0.5, 0.6) is 0 Å². The van der Waals surface area contributed by atoms with E-state index >= 15 is 0 Å². The molecule has 1 unspecified atom stereocenters. The molecule has 9 heteroatoms. The van der Waals surface area contributed by atoms with Gasteiger partial charge in [-0.1, -0.05) is 11.8 Å². The molecule has 0 spiro atoms. The summed E-state index contributed by atoms with van der Waals surface area (Å²) in [5.74, 6) is 0.457. The Bertz CT molecular complexity index is 813. The van der Waals surface area contributed by atoms with E-state index in [1.54, 1.807) is 30.2 Å². The molecule has 1 aliphatic rings. The molecule has 0 bridgehead atoms. The number of piperidine rings is 1. The van der Waals surface area contributed by atoms with Gasteiger partial charge < -0.3 is 10.2 Å². The molecule has 130 valence electrons. The van der Waals surface area contributed by atoms with E-state index in [0.29, 0.717) is 28.8 Å². The molecule has 0 aliphatic carbocycles. The predicted molar refractivity (Wildman–Crippen MR) is 94.4 cm³/mol. The minimum atomic E-state index is -0.180. The van der Waals surface area contributed by atoms with Gasteiger partial charge in [-0.25, -0.2) is 9.97 Å². The van der Waals surface area contributed by atoms with Gasteiger partial charge in [0.15, 0.2) is 11.0 Å². The third-order valence-corrected chi connectivity index (χ3v) is 4.61. The fourth-order valence-electron chi connectivity index (χ4n) is 2.86. The van der Waals surface area contributed by atoms with Crippen LogP contribution in [-0.4, -0.2) is 51.0 Å². The molecule has 2 aromatic rings. The van der Waals surface area contributed by atoms with Crippen LogP contribution in [0.25, 0.3) is 0 Å². The van der Waals surface area contributed by atoms with Crippen LogP contribution in [-0.2, 0) is 7.05 Å². The van der Waals surface area contributed by atoms with Gasteiger partial charge in [0.1, 0.15) is 17.3 Å². The lowest BCUT2D eigenvalue weighted by Crippen LogP contribution is -2.48. The van der Waals surface area contributed by atoms with Gasteiger partial charge in [0.05, 0.1) is 6.20 Å². The van der Waals surface area contributed by atoms with Gasteiger partial charge in [-0.2, -0.15) is 10.4 Å². The highest BCUT2D eigenvalue weighted by Gasteiger charge is 2.25. The molecule has 2 aromatic heterocycles. The monoisotopic (exact) mass is 357 g/mol. The van der Waals surface area contributed by atoms with E-state index in [4.69, 9.17) is 0 Å².